The molecule has 1 atom stereocenters. The van der Waals surface area contributed by atoms with E-state index >= 15 is 0 Å². The third-order valence-electron chi connectivity index (χ3n) is 3.74. The van der Waals surface area contributed by atoms with Crippen molar-refractivity contribution in [2.24, 2.45) is 0 Å². The summed E-state index contributed by atoms with van der Waals surface area (Å²) in [5.74, 6) is 2.58. The van der Waals surface area contributed by atoms with Crippen LogP contribution in [0.25, 0.3) is 0 Å². The molecule has 2 heterocycles. The van der Waals surface area contributed by atoms with E-state index in [-0.39, 0.29) is 0 Å². The van der Waals surface area contributed by atoms with E-state index in [2.05, 4.69) is 57.3 Å². The highest BCUT2D eigenvalue weighted by molar-refractivity contribution is 9.10. The van der Waals surface area contributed by atoms with E-state index in [9.17, 15) is 0 Å². The number of aromatic nitrogens is 2. The van der Waals surface area contributed by atoms with Gasteiger partial charge in [0.2, 0.25) is 0 Å². The zero-order valence-corrected chi connectivity index (χ0v) is 14.1. The summed E-state index contributed by atoms with van der Waals surface area (Å²) < 4.78 is 0.888. The number of anilines is 1. The van der Waals surface area contributed by atoms with Crippen molar-refractivity contribution in [1.82, 2.24) is 9.97 Å². The molecule has 0 aromatic carbocycles. The molecule has 0 N–H and O–H groups in total. The second-order valence-electron chi connectivity index (χ2n) is 5.42. The van der Waals surface area contributed by atoms with Crippen LogP contribution in [0.5, 0.6) is 0 Å². The Morgan fingerprint density at radius 3 is 2.90 bits per heavy atom. The van der Waals surface area contributed by atoms with Gasteiger partial charge in [-0.15, -0.1) is 11.3 Å². The Kier molecular flexibility index (Phi) is 4.08. The van der Waals surface area contributed by atoms with Crippen LogP contribution < -0.4 is 4.90 Å². The molecule has 0 saturated heterocycles. The summed E-state index contributed by atoms with van der Waals surface area (Å²) in [5, 5.41) is 2.13. The third-order valence-corrected chi connectivity index (χ3v) is 5.05. The summed E-state index contributed by atoms with van der Waals surface area (Å²) >= 11 is 5.33. The Morgan fingerprint density at radius 1 is 1.45 bits per heavy atom. The van der Waals surface area contributed by atoms with E-state index in [0.717, 1.165) is 22.7 Å². The predicted molar refractivity (Wildman–Crippen MR) is 87.6 cm³/mol. The van der Waals surface area contributed by atoms with Gasteiger partial charge in [-0.2, -0.15) is 0 Å². The maximum Gasteiger partial charge on any atom is 0.135 e. The maximum absolute atomic E-state index is 4.73. The maximum atomic E-state index is 4.73. The number of halogens is 1. The molecule has 106 valence electrons. The van der Waals surface area contributed by atoms with Gasteiger partial charge in [0.25, 0.3) is 0 Å². The highest BCUT2D eigenvalue weighted by atomic mass is 79.9. The van der Waals surface area contributed by atoms with Crippen LogP contribution in [0.15, 0.2) is 28.2 Å². The van der Waals surface area contributed by atoms with E-state index in [1.165, 1.54) is 17.7 Å². The van der Waals surface area contributed by atoms with Crippen LogP contribution in [0.1, 0.15) is 36.4 Å². The van der Waals surface area contributed by atoms with Gasteiger partial charge < -0.3 is 4.90 Å². The van der Waals surface area contributed by atoms with Gasteiger partial charge in [-0.3, -0.25) is 0 Å². The summed E-state index contributed by atoms with van der Waals surface area (Å²) in [4.78, 5) is 12.9. The Bertz CT molecular complexity index is 581. The Hall–Kier alpha value is -0.940. The average Bonchev–Trinajstić information content (AvgIpc) is 3.16. The van der Waals surface area contributed by atoms with Crippen molar-refractivity contribution in [3.8, 4) is 0 Å². The molecule has 3 nitrogen and oxygen atoms in total. The monoisotopic (exact) mass is 351 g/mol. The lowest BCUT2D eigenvalue weighted by Gasteiger charge is -2.26. The molecule has 1 aliphatic rings. The second kappa shape index (κ2) is 5.82. The van der Waals surface area contributed by atoms with E-state index < -0.39 is 0 Å². The zero-order chi connectivity index (χ0) is 14.1. The molecule has 1 saturated carbocycles. The molecule has 0 bridgehead atoms. The van der Waals surface area contributed by atoms with Crippen molar-refractivity contribution >= 4 is 33.1 Å². The van der Waals surface area contributed by atoms with Crippen molar-refractivity contribution in [2.75, 3.05) is 11.9 Å². The fraction of sp³-hybridized carbons (Fsp3) is 0.467. The third kappa shape index (κ3) is 3.20. The van der Waals surface area contributed by atoms with Crippen molar-refractivity contribution < 1.29 is 0 Å². The molecule has 0 aliphatic heterocycles. The van der Waals surface area contributed by atoms with E-state index in [1.807, 2.05) is 17.4 Å². The molecule has 20 heavy (non-hydrogen) atoms. The Labute approximate surface area is 132 Å². The van der Waals surface area contributed by atoms with Crippen LogP contribution in [0.4, 0.5) is 5.82 Å². The molecular weight excluding hydrogens is 334 g/mol. The minimum Gasteiger partial charge on any atom is -0.356 e. The van der Waals surface area contributed by atoms with Crippen molar-refractivity contribution in [3.05, 3.63) is 38.9 Å². The first-order valence-corrected chi connectivity index (χ1v) is 8.60. The molecule has 0 radical (unpaired) electrons. The summed E-state index contributed by atoms with van der Waals surface area (Å²) in [6, 6.07) is 6.73. The number of thiophene rings is 1. The molecule has 2 aromatic rings. The van der Waals surface area contributed by atoms with Crippen molar-refractivity contribution in [1.29, 1.82) is 0 Å². The van der Waals surface area contributed by atoms with Crippen LogP contribution >= 0.6 is 27.3 Å². The number of likely N-dealkylation sites (N-methyl/N-ethyl adjacent to an activating group) is 1. The minimum absolute atomic E-state index is 0.419. The average molecular weight is 352 g/mol. The molecule has 1 aliphatic carbocycles. The fourth-order valence-corrected chi connectivity index (χ4v) is 3.42. The molecule has 2 aromatic heterocycles. The fourth-order valence-electron chi connectivity index (χ4n) is 2.21. The van der Waals surface area contributed by atoms with Gasteiger partial charge in [-0.25, -0.2) is 9.97 Å². The molecule has 0 spiro atoms. The quantitative estimate of drug-likeness (QED) is 0.754. The first-order valence-electron chi connectivity index (χ1n) is 6.93. The summed E-state index contributed by atoms with van der Waals surface area (Å²) in [6.07, 6.45) is 3.50. The Balaban J connectivity index is 1.76. The zero-order valence-electron chi connectivity index (χ0n) is 11.7. The lowest BCUT2D eigenvalue weighted by atomic mass is 10.2. The molecule has 1 fully saturated rings. The predicted octanol–water partition coefficient (Wildman–Crippen LogP) is 4.25. The van der Waals surface area contributed by atoms with Crippen molar-refractivity contribution in [3.63, 3.8) is 0 Å². The Morgan fingerprint density at radius 2 is 2.25 bits per heavy atom. The van der Waals surface area contributed by atoms with Crippen LogP contribution in [-0.4, -0.2) is 23.1 Å². The molecule has 5 heteroatoms. The number of nitrogens with zero attached hydrogens (tertiary/aromatic N) is 3. The van der Waals surface area contributed by atoms with Crippen molar-refractivity contribution in [2.45, 2.75) is 38.1 Å². The summed E-state index contributed by atoms with van der Waals surface area (Å²) in [5.41, 5.74) is 0. The topological polar surface area (TPSA) is 29.0 Å². The SMILES string of the molecule is CC(Cc1cccs1)N(C)c1cc(Br)nc(C2CC2)n1. The standard InChI is InChI=1S/C15H18BrN3S/c1-10(8-12-4-3-7-20-12)19(2)14-9-13(16)17-15(18-14)11-5-6-11/h3-4,7,9-11H,5-6,8H2,1-2H3. The second-order valence-corrected chi connectivity index (χ2v) is 7.27. The van der Waals surface area contributed by atoms with E-state index in [0.29, 0.717) is 12.0 Å². The number of rotatable bonds is 5. The highest BCUT2D eigenvalue weighted by Gasteiger charge is 2.27. The van der Waals surface area contributed by atoms with Crippen LogP contribution in [0, 0.1) is 0 Å². The minimum atomic E-state index is 0.419. The molecule has 3 rings (SSSR count). The van der Waals surface area contributed by atoms with Gasteiger partial charge in [0, 0.05) is 36.4 Å². The van der Waals surface area contributed by atoms with Crippen LogP contribution in [-0.2, 0) is 6.42 Å². The van der Waals surface area contributed by atoms with Gasteiger partial charge in [0.1, 0.15) is 16.2 Å². The van der Waals surface area contributed by atoms with Gasteiger partial charge in [0.05, 0.1) is 0 Å². The van der Waals surface area contributed by atoms with E-state index in [4.69, 9.17) is 4.98 Å². The summed E-state index contributed by atoms with van der Waals surface area (Å²) in [6.45, 7) is 2.24. The lowest BCUT2D eigenvalue weighted by Crippen LogP contribution is -2.31. The lowest BCUT2D eigenvalue weighted by molar-refractivity contribution is 0.675. The largest absolute Gasteiger partial charge is 0.356 e. The molecular formula is C15H18BrN3S. The normalized spacial score (nSPS) is 16.1. The smallest absolute Gasteiger partial charge is 0.135 e. The van der Waals surface area contributed by atoms with Crippen LogP contribution in [0.2, 0.25) is 0 Å². The molecule has 0 amide bonds. The highest BCUT2D eigenvalue weighted by Crippen LogP contribution is 2.39. The first kappa shape index (κ1) is 14.0. The van der Waals surface area contributed by atoms with E-state index in [1.54, 1.807) is 0 Å². The number of hydrogen-bond acceptors (Lipinski definition) is 4. The first-order chi connectivity index (χ1) is 9.63. The summed E-state index contributed by atoms with van der Waals surface area (Å²) in [7, 11) is 2.11. The van der Waals surface area contributed by atoms with Gasteiger partial charge in [-0.05, 0) is 47.1 Å². The van der Waals surface area contributed by atoms with Crippen LogP contribution in [0.3, 0.4) is 0 Å². The number of hydrogen-bond donors (Lipinski definition) is 0. The van der Waals surface area contributed by atoms with Gasteiger partial charge in [-0.1, -0.05) is 6.07 Å². The van der Waals surface area contributed by atoms with Gasteiger partial charge in [0.15, 0.2) is 0 Å². The molecule has 1 unspecified atom stereocenters. The van der Waals surface area contributed by atoms with Gasteiger partial charge >= 0.3 is 0 Å².